The van der Waals surface area contributed by atoms with Crippen molar-refractivity contribution in [3.63, 3.8) is 0 Å². The Kier molecular flexibility index (Phi) is 4.90. The van der Waals surface area contributed by atoms with Crippen LogP contribution in [0.25, 0.3) is 11.0 Å². The number of hydrogen-bond donors (Lipinski definition) is 1. The van der Waals surface area contributed by atoms with Crippen molar-refractivity contribution < 1.29 is 0 Å². The molecule has 3 nitrogen and oxygen atoms in total. The molecule has 120 valence electrons. The Morgan fingerprint density at radius 3 is 2.61 bits per heavy atom. The summed E-state index contributed by atoms with van der Waals surface area (Å²) >= 11 is 12.1. The predicted molar refractivity (Wildman–Crippen MR) is 97.4 cm³/mol. The van der Waals surface area contributed by atoms with Crippen LogP contribution >= 0.6 is 23.2 Å². The van der Waals surface area contributed by atoms with E-state index in [4.69, 9.17) is 33.9 Å². The third kappa shape index (κ3) is 3.23. The fraction of sp³-hybridized carbons (Fsp3) is 0.278. The summed E-state index contributed by atoms with van der Waals surface area (Å²) in [6.45, 7) is 3.53. The standard InChI is InChI=1S/C18H19Cl2N3/c1-2-23-17-6-4-3-5-16(17)22-18(23)13(11-21)9-12-7-8-14(19)15(20)10-12/h3-8,10,13H,2,9,11,21H2,1H3. The number of nitrogens with zero attached hydrogens (tertiary/aromatic N) is 2. The van der Waals surface area contributed by atoms with Crippen LogP contribution in [0.15, 0.2) is 42.5 Å². The lowest BCUT2D eigenvalue weighted by molar-refractivity contribution is 0.598. The molecule has 3 aromatic rings. The summed E-state index contributed by atoms with van der Waals surface area (Å²) in [6.07, 6.45) is 0.788. The Hall–Kier alpha value is -1.55. The highest BCUT2D eigenvalue weighted by molar-refractivity contribution is 6.42. The van der Waals surface area contributed by atoms with Crippen molar-refractivity contribution in [2.75, 3.05) is 6.54 Å². The van der Waals surface area contributed by atoms with E-state index in [1.807, 2.05) is 36.4 Å². The van der Waals surface area contributed by atoms with E-state index >= 15 is 0 Å². The summed E-state index contributed by atoms with van der Waals surface area (Å²) in [6, 6.07) is 13.9. The van der Waals surface area contributed by atoms with Crippen LogP contribution in [0.4, 0.5) is 0 Å². The molecule has 1 atom stereocenters. The largest absolute Gasteiger partial charge is 0.330 e. The maximum atomic E-state index is 6.13. The van der Waals surface area contributed by atoms with E-state index in [0.29, 0.717) is 16.6 Å². The van der Waals surface area contributed by atoms with Crippen molar-refractivity contribution in [2.45, 2.75) is 25.8 Å². The molecule has 0 aliphatic heterocycles. The second kappa shape index (κ2) is 6.91. The van der Waals surface area contributed by atoms with Gasteiger partial charge in [-0.1, -0.05) is 41.4 Å². The van der Waals surface area contributed by atoms with Crippen molar-refractivity contribution in [3.8, 4) is 0 Å². The Morgan fingerprint density at radius 1 is 1.13 bits per heavy atom. The van der Waals surface area contributed by atoms with Crippen LogP contribution in [0.1, 0.15) is 24.2 Å². The summed E-state index contributed by atoms with van der Waals surface area (Å²) in [4.78, 5) is 4.81. The minimum atomic E-state index is 0.139. The van der Waals surface area contributed by atoms with Crippen molar-refractivity contribution in [1.82, 2.24) is 9.55 Å². The highest BCUT2D eigenvalue weighted by Gasteiger charge is 2.19. The van der Waals surface area contributed by atoms with Gasteiger partial charge in [0.25, 0.3) is 0 Å². The lowest BCUT2D eigenvalue weighted by Gasteiger charge is -2.16. The van der Waals surface area contributed by atoms with Gasteiger partial charge in [-0.3, -0.25) is 0 Å². The van der Waals surface area contributed by atoms with Crippen molar-refractivity contribution in [2.24, 2.45) is 5.73 Å². The van der Waals surface area contributed by atoms with E-state index in [-0.39, 0.29) is 5.92 Å². The number of aryl methyl sites for hydroxylation is 1. The molecule has 2 N–H and O–H groups in total. The van der Waals surface area contributed by atoms with E-state index < -0.39 is 0 Å². The second-order valence-electron chi connectivity index (χ2n) is 5.59. The highest BCUT2D eigenvalue weighted by Crippen LogP contribution is 2.28. The zero-order valence-corrected chi connectivity index (χ0v) is 14.5. The molecule has 3 rings (SSSR count). The number of aromatic nitrogens is 2. The molecule has 23 heavy (non-hydrogen) atoms. The summed E-state index contributed by atoms with van der Waals surface area (Å²) in [7, 11) is 0. The van der Waals surface area contributed by atoms with Crippen molar-refractivity contribution in [1.29, 1.82) is 0 Å². The Labute approximate surface area is 146 Å². The highest BCUT2D eigenvalue weighted by atomic mass is 35.5. The number of nitrogens with two attached hydrogens (primary N) is 1. The number of benzene rings is 2. The molecule has 2 aromatic carbocycles. The molecule has 0 fully saturated rings. The smallest absolute Gasteiger partial charge is 0.114 e. The SMILES string of the molecule is CCn1c(C(CN)Cc2ccc(Cl)c(Cl)c2)nc2ccccc21. The molecule has 0 spiro atoms. The molecule has 0 saturated heterocycles. The van der Waals surface area contributed by atoms with Gasteiger partial charge >= 0.3 is 0 Å². The zero-order valence-electron chi connectivity index (χ0n) is 13.0. The number of imidazole rings is 1. The van der Waals surface area contributed by atoms with Gasteiger partial charge < -0.3 is 10.3 Å². The van der Waals surface area contributed by atoms with Crippen LogP contribution in [0, 0.1) is 0 Å². The molecule has 0 radical (unpaired) electrons. The normalized spacial score (nSPS) is 12.7. The maximum Gasteiger partial charge on any atom is 0.114 e. The zero-order chi connectivity index (χ0) is 16.4. The van der Waals surface area contributed by atoms with E-state index in [1.165, 1.54) is 0 Å². The molecular weight excluding hydrogens is 329 g/mol. The summed E-state index contributed by atoms with van der Waals surface area (Å²) in [5, 5.41) is 1.14. The molecule has 0 aliphatic carbocycles. The van der Waals surface area contributed by atoms with Gasteiger partial charge in [0, 0.05) is 19.0 Å². The van der Waals surface area contributed by atoms with Crippen molar-refractivity contribution in [3.05, 3.63) is 63.9 Å². The number of rotatable bonds is 5. The topological polar surface area (TPSA) is 43.8 Å². The third-order valence-electron chi connectivity index (χ3n) is 4.12. The first kappa shape index (κ1) is 16.3. The van der Waals surface area contributed by atoms with E-state index in [0.717, 1.165) is 35.4 Å². The average molecular weight is 348 g/mol. The summed E-state index contributed by atoms with van der Waals surface area (Å²) in [5.74, 6) is 1.17. The first-order valence-corrected chi connectivity index (χ1v) is 8.48. The molecule has 0 aliphatic rings. The Morgan fingerprint density at radius 2 is 1.91 bits per heavy atom. The van der Waals surface area contributed by atoms with Gasteiger partial charge in [0.2, 0.25) is 0 Å². The molecule has 1 heterocycles. The second-order valence-corrected chi connectivity index (χ2v) is 6.40. The van der Waals surface area contributed by atoms with Gasteiger partial charge in [-0.2, -0.15) is 0 Å². The average Bonchev–Trinajstić information content (AvgIpc) is 2.94. The van der Waals surface area contributed by atoms with Crippen molar-refractivity contribution >= 4 is 34.2 Å². The van der Waals surface area contributed by atoms with Gasteiger partial charge in [-0.15, -0.1) is 0 Å². The van der Waals surface area contributed by atoms with Crippen LogP contribution in [0.3, 0.4) is 0 Å². The van der Waals surface area contributed by atoms with Gasteiger partial charge in [-0.05, 0) is 43.2 Å². The Bertz CT molecular complexity index is 826. The van der Waals surface area contributed by atoms with Gasteiger partial charge in [0.15, 0.2) is 0 Å². The van der Waals surface area contributed by atoms with E-state index in [2.05, 4.69) is 17.6 Å². The predicted octanol–water partition coefficient (Wildman–Crippen LogP) is 4.65. The maximum absolute atomic E-state index is 6.13. The molecular formula is C18H19Cl2N3. The van der Waals surface area contributed by atoms with Crippen LogP contribution in [0.5, 0.6) is 0 Å². The first-order valence-electron chi connectivity index (χ1n) is 7.73. The van der Waals surface area contributed by atoms with Gasteiger partial charge in [0.05, 0.1) is 21.1 Å². The van der Waals surface area contributed by atoms with Crippen LogP contribution in [-0.4, -0.2) is 16.1 Å². The first-order chi connectivity index (χ1) is 11.1. The van der Waals surface area contributed by atoms with Crippen LogP contribution in [-0.2, 0) is 13.0 Å². The lowest BCUT2D eigenvalue weighted by Crippen LogP contribution is -2.19. The third-order valence-corrected chi connectivity index (χ3v) is 4.86. The fourth-order valence-electron chi connectivity index (χ4n) is 2.97. The minimum absolute atomic E-state index is 0.139. The Balaban J connectivity index is 1.98. The number of halogens is 2. The van der Waals surface area contributed by atoms with Crippen LogP contribution < -0.4 is 5.73 Å². The van der Waals surface area contributed by atoms with Gasteiger partial charge in [-0.25, -0.2) is 4.98 Å². The minimum Gasteiger partial charge on any atom is -0.330 e. The summed E-state index contributed by atoms with van der Waals surface area (Å²) < 4.78 is 2.24. The molecule has 0 amide bonds. The van der Waals surface area contributed by atoms with Crippen LogP contribution in [0.2, 0.25) is 10.0 Å². The number of hydrogen-bond acceptors (Lipinski definition) is 2. The fourth-order valence-corrected chi connectivity index (χ4v) is 3.29. The molecule has 1 aromatic heterocycles. The summed E-state index contributed by atoms with van der Waals surface area (Å²) in [5.41, 5.74) is 9.33. The molecule has 5 heteroatoms. The number of fused-ring (bicyclic) bond motifs is 1. The van der Waals surface area contributed by atoms with E-state index in [9.17, 15) is 0 Å². The molecule has 0 bridgehead atoms. The molecule has 0 saturated carbocycles. The van der Waals surface area contributed by atoms with Gasteiger partial charge in [0.1, 0.15) is 5.82 Å². The lowest BCUT2D eigenvalue weighted by atomic mass is 9.98. The molecule has 1 unspecified atom stereocenters. The monoisotopic (exact) mass is 347 g/mol. The number of para-hydroxylation sites is 2. The van der Waals surface area contributed by atoms with E-state index in [1.54, 1.807) is 0 Å². The quantitative estimate of drug-likeness (QED) is 0.729.